The highest BCUT2D eigenvalue weighted by Gasteiger charge is 2.53. The monoisotopic (exact) mass is 342 g/mol. The molecule has 2 aliphatic rings. The number of carbonyl (C=O) groups excluding carboxylic acids is 1. The van der Waals surface area contributed by atoms with Crippen molar-refractivity contribution in [2.75, 3.05) is 52.6 Å². The zero-order valence-corrected chi connectivity index (χ0v) is 16.0. The number of ketones is 1. The summed E-state index contributed by atoms with van der Waals surface area (Å²) < 4.78 is 11.1. The van der Waals surface area contributed by atoms with Gasteiger partial charge in [-0.1, -0.05) is 27.7 Å². The molecule has 24 heavy (non-hydrogen) atoms. The van der Waals surface area contributed by atoms with Gasteiger partial charge in [0.1, 0.15) is 5.78 Å². The first-order valence-corrected chi connectivity index (χ1v) is 9.57. The second-order valence-electron chi connectivity index (χ2n) is 8.21. The van der Waals surface area contributed by atoms with Crippen LogP contribution in [-0.2, 0) is 14.3 Å². The van der Waals surface area contributed by atoms with Crippen molar-refractivity contribution < 1.29 is 15.7 Å². The molecule has 0 radical (unpaired) electrons. The summed E-state index contributed by atoms with van der Waals surface area (Å²) in [7, 11) is 0. The zero-order valence-electron chi connectivity index (χ0n) is 16.0. The van der Waals surface area contributed by atoms with Crippen LogP contribution >= 0.6 is 0 Å². The fourth-order valence-electron chi connectivity index (χ4n) is 3.91. The fraction of sp³-hybridized carbons (Fsp3) is 0.947. The van der Waals surface area contributed by atoms with Crippen LogP contribution in [0.15, 0.2) is 0 Å². The molecule has 0 aromatic carbocycles. The van der Waals surface area contributed by atoms with E-state index in [1.54, 1.807) is 0 Å². The summed E-state index contributed by atoms with van der Waals surface area (Å²) in [6.07, 6.45) is 2.22. The van der Waals surface area contributed by atoms with Crippen LogP contribution in [0.4, 0.5) is 0 Å². The maximum Gasteiger partial charge on any atom is 0.138 e. The van der Waals surface area contributed by atoms with Crippen LogP contribution < -0.4 is 5.32 Å². The zero-order chi connectivity index (χ0) is 17.6. The van der Waals surface area contributed by atoms with E-state index >= 15 is 0 Å². The second-order valence-corrected chi connectivity index (χ2v) is 8.21. The summed E-state index contributed by atoms with van der Waals surface area (Å²) in [5.41, 5.74) is 0.460. The molecule has 2 rings (SSSR count). The van der Waals surface area contributed by atoms with Crippen molar-refractivity contribution in [3.8, 4) is 0 Å². The van der Waals surface area contributed by atoms with Crippen molar-refractivity contribution in [1.82, 2.24) is 10.2 Å². The smallest absolute Gasteiger partial charge is 0.138 e. The third kappa shape index (κ3) is 5.80. The quantitative estimate of drug-likeness (QED) is 0.551. The molecule has 5 heteroatoms. The van der Waals surface area contributed by atoms with Crippen LogP contribution in [0.5, 0.6) is 0 Å². The van der Waals surface area contributed by atoms with E-state index in [1.807, 2.05) is 13.8 Å². The van der Waals surface area contributed by atoms with Crippen LogP contribution in [-0.4, -0.2) is 69.3 Å². The summed E-state index contributed by atoms with van der Waals surface area (Å²) in [5.74, 6) is 0.997. The van der Waals surface area contributed by atoms with Gasteiger partial charge in [0.25, 0.3) is 0 Å². The molecule has 0 bridgehead atoms. The van der Waals surface area contributed by atoms with Crippen molar-refractivity contribution >= 4 is 5.78 Å². The third-order valence-corrected chi connectivity index (χ3v) is 5.17. The van der Waals surface area contributed by atoms with Gasteiger partial charge in [0, 0.05) is 45.5 Å². The minimum absolute atomic E-state index is 0. The molecule has 0 unspecified atom stereocenters. The first kappa shape index (κ1) is 19.8. The number of Topliss-reactive ketones (excluding diaryl/α,β-unsaturated/α-hetero) is 1. The molecule has 1 saturated carbocycles. The minimum atomic E-state index is 0. The highest BCUT2D eigenvalue weighted by molar-refractivity contribution is 5.83. The lowest BCUT2D eigenvalue weighted by atomic mass is 9.56. The number of ether oxygens (including phenoxy) is 2. The molecular formula is C19H38N2O3. The van der Waals surface area contributed by atoms with Gasteiger partial charge in [-0.05, 0) is 18.3 Å². The maximum atomic E-state index is 12.0. The van der Waals surface area contributed by atoms with Crippen LogP contribution in [0, 0.1) is 17.3 Å². The minimum Gasteiger partial charge on any atom is -0.378 e. The predicted molar refractivity (Wildman–Crippen MR) is 98.3 cm³/mol. The van der Waals surface area contributed by atoms with E-state index in [0.29, 0.717) is 36.4 Å². The molecule has 0 aromatic heterocycles. The standard InChI is InChI=1S/C19H36N2O3.H2/c1-15(2)18(22)17-11-19(12-17)13-21(14-19)6-8-24-10-9-23-7-5-20-16(3)4;/h15-17,20H,5-14H2,1-4H3;1H. The van der Waals surface area contributed by atoms with E-state index in [1.165, 1.54) is 0 Å². The molecule has 0 atom stereocenters. The fourth-order valence-corrected chi connectivity index (χ4v) is 3.91. The van der Waals surface area contributed by atoms with Gasteiger partial charge in [0.15, 0.2) is 0 Å². The average molecular weight is 343 g/mol. The Morgan fingerprint density at radius 1 is 1.12 bits per heavy atom. The van der Waals surface area contributed by atoms with Gasteiger partial charge < -0.3 is 14.8 Å². The molecule has 2 fully saturated rings. The van der Waals surface area contributed by atoms with Crippen molar-refractivity contribution in [1.29, 1.82) is 0 Å². The lowest BCUT2D eigenvalue weighted by molar-refractivity contribution is -0.146. The van der Waals surface area contributed by atoms with Gasteiger partial charge in [-0.3, -0.25) is 9.69 Å². The molecule has 1 aliphatic carbocycles. The first-order valence-electron chi connectivity index (χ1n) is 9.57. The van der Waals surface area contributed by atoms with E-state index in [-0.39, 0.29) is 7.34 Å². The Labute approximate surface area is 148 Å². The second kappa shape index (κ2) is 9.27. The molecule has 1 saturated heterocycles. The molecule has 1 spiro atoms. The summed E-state index contributed by atoms with van der Waals surface area (Å²) in [5, 5.41) is 3.32. The number of nitrogens with one attached hydrogen (secondary N) is 1. The Bertz CT molecular complexity index is 390. The van der Waals surface area contributed by atoms with E-state index in [0.717, 1.165) is 52.2 Å². The Morgan fingerprint density at radius 3 is 2.33 bits per heavy atom. The van der Waals surface area contributed by atoms with Gasteiger partial charge in [0.05, 0.1) is 26.4 Å². The molecule has 142 valence electrons. The summed E-state index contributed by atoms with van der Waals surface area (Å²) in [4.78, 5) is 14.4. The van der Waals surface area contributed by atoms with Crippen LogP contribution in [0.2, 0.25) is 0 Å². The molecule has 1 N–H and O–H groups in total. The molecule has 0 amide bonds. The van der Waals surface area contributed by atoms with Crippen molar-refractivity contribution in [3.63, 3.8) is 0 Å². The molecule has 1 aliphatic heterocycles. The Hall–Kier alpha value is -0.490. The van der Waals surface area contributed by atoms with E-state index in [9.17, 15) is 4.79 Å². The number of hydrogen-bond acceptors (Lipinski definition) is 5. The largest absolute Gasteiger partial charge is 0.378 e. The van der Waals surface area contributed by atoms with Crippen molar-refractivity contribution in [2.45, 2.75) is 46.6 Å². The van der Waals surface area contributed by atoms with E-state index < -0.39 is 0 Å². The van der Waals surface area contributed by atoms with Crippen LogP contribution in [0.1, 0.15) is 42.0 Å². The third-order valence-electron chi connectivity index (χ3n) is 5.17. The molecule has 0 aromatic rings. The van der Waals surface area contributed by atoms with Crippen LogP contribution in [0.25, 0.3) is 0 Å². The summed E-state index contributed by atoms with van der Waals surface area (Å²) in [6.45, 7) is 15.4. The number of rotatable bonds is 12. The molecule has 1 heterocycles. The van der Waals surface area contributed by atoms with Crippen molar-refractivity contribution in [2.24, 2.45) is 17.3 Å². The first-order chi connectivity index (χ1) is 11.4. The summed E-state index contributed by atoms with van der Waals surface area (Å²) >= 11 is 0. The number of nitrogens with zero attached hydrogens (tertiary/aromatic N) is 1. The van der Waals surface area contributed by atoms with E-state index in [4.69, 9.17) is 9.47 Å². The van der Waals surface area contributed by atoms with Gasteiger partial charge in [0.2, 0.25) is 0 Å². The van der Waals surface area contributed by atoms with Crippen molar-refractivity contribution in [3.05, 3.63) is 0 Å². The van der Waals surface area contributed by atoms with Crippen LogP contribution in [0.3, 0.4) is 0 Å². The molecule has 5 nitrogen and oxygen atoms in total. The van der Waals surface area contributed by atoms with Gasteiger partial charge in [-0.2, -0.15) is 0 Å². The predicted octanol–water partition coefficient (Wildman–Crippen LogP) is 2.20. The molecular weight excluding hydrogens is 304 g/mol. The SMILES string of the molecule is CC(C)NCCOCCOCCN1CC2(CC(C(=O)C(C)C)C2)C1.[HH]. The average Bonchev–Trinajstić information content (AvgIpc) is 2.44. The Morgan fingerprint density at radius 2 is 1.75 bits per heavy atom. The Kier molecular flexibility index (Phi) is 7.66. The van der Waals surface area contributed by atoms with E-state index in [2.05, 4.69) is 24.1 Å². The maximum absolute atomic E-state index is 12.0. The highest BCUT2D eigenvalue weighted by Crippen LogP contribution is 2.52. The highest BCUT2D eigenvalue weighted by atomic mass is 16.5. The number of carbonyl (C=O) groups is 1. The van der Waals surface area contributed by atoms with Gasteiger partial charge >= 0.3 is 0 Å². The van der Waals surface area contributed by atoms with Gasteiger partial charge in [-0.25, -0.2) is 0 Å². The number of likely N-dealkylation sites (tertiary alicyclic amines) is 1. The Balaban J connectivity index is 0.00000312. The van der Waals surface area contributed by atoms with Gasteiger partial charge in [-0.15, -0.1) is 0 Å². The normalized spacial score (nSPS) is 20.6. The summed E-state index contributed by atoms with van der Waals surface area (Å²) in [6, 6.07) is 0.513. The lowest BCUT2D eigenvalue weighted by Gasteiger charge is -2.59. The topological polar surface area (TPSA) is 50.8 Å². The lowest BCUT2D eigenvalue weighted by Crippen LogP contribution is -2.63. The number of hydrogen-bond donors (Lipinski definition) is 1.